The zero-order chi connectivity index (χ0) is 16.4. The first-order valence-corrected chi connectivity index (χ1v) is 8.18. The Morgan fingerprint density at radius 2 is 2.13 bits per heavy atom. The molecule has 0 N–H and O–H groups in total. The number of nitrogens with zero attached hydrogens (tertiary/aromatic N) is 3. The first-order chi connectivity index (χ1) is 11.1. The number of benzene rings is 1. The number of carbonyl (C=O) groups excluding carboxylic acids is 1. The van der Waals surface area contributed by atoms with E-state index in [0.717, 1.165) is 49.0 Å². The molecule has 0 unspecified atom stereocenters. The molecule has 1 amide bonds. The Hall–Kier alpha value is -2.17. The number of likely N-dealkylation sites (tertiary alicyclic amines) is 1. The summed E-state index contributed by atoms with van der Waals surface area (Å²) in [6.45, 7) is 5.37. The number of rotatable bonds is 3. The maximum atomic E-state index is 13.5. The highest BCUT2D eigenvalue weighted by Gasteiger charge is 2.25. The van der Waals surface area contributed by atoms with E-state index in [9.17, 15) is 9.18 Å². The van der Waals surface area contributed by atoms with Crippen LogP contribution >= 0.6 is 0 Å². The predicted octanol–water partition coefficient (Wildman–Crippen LogP) is 3.70. The van der Waals surface area contributed by atoms with E-state index in [0.29, 0.717) is 0 Å². The highest BCUT2D eigenvalue weighted by Crippen LogP contribution is 2.27. The molecule has 5 heteroatoms. The van der Waals surface area contributed by atoms with Gasteiger partial charge in [0.2, 0.25) is 5.91 Å². The summed E-state index contributed by atoms with van der Waals surface area (Å²) < 4.78 is 15.5. The topological polar surface area (TPSA) is 38.1 Å². The first kappa shape index (κ1) is 15.7. The summed E-state index contributed by atoms with van der Waals surface area (Å²) in [5.41, 5.74) is 2.46. The molecule has 1 fully saturated rings. The number of carbonyl (C=O) groups is 1. The van der Waals surface area contributed by atoms with Crippen molar-refractivity contribution < 1.29 is 9.18 Å². The van der Waals surface area contributed by atoms with Gasteiger partial charge in [-0.05, 0) is 44.4 Å². The first-order valence-electron chi connectivity index (χ1n) is 8.18. The minimum atomic E-state index is -0.243. The Balaban J connectivity index is 1.72. The average Bonchev–Trinajstić information content (AvgIpc) is 2.97. The number of hydrogen-bond donors (Lipinski definition) is 0. The number of hydrogen-bond acceptors (Lipinski definition) is 2. The molecule has 1 saturated heterocycles. The Morgan fingerprint density at radius 1 is 1.39 bits per heavy atom. The minimum Gasteiger partial charge on any atom is -0.339 e. The van der Waals surface area contributed by atoms with E-state index in [4.69, 9.17) is 0 Å². The van der Waals surface area contributed by atoms with Gasteiger partial charge in [0.1, 0.15) is 5.82 Å². The maximum Gasteiger partial charge on any atom is 0.249 e. The fraction of sp³-hybridized carbons (Fsp3) is 0.444. The Morgan fingerprint density at radius 3 is 2.83 bits per heavy atom. The van der Waals surface area contributed by atoms with Crippen molar-refractivity contribution >= 4 is 16.9 Å². The van der Waals surface area contributed by atoms with Gasteiger partial charge in [-0.2, -0.15) is 0 Å². The van der Waals surface area contributed by atoms with Gasteiger partial charge in [0.15, 0.2) is 0 Å². The SMILES string of the molecule is CC/C=C(\C)C(=O)N1CCC(n2cnc3ccc(F)cc32)CC1. The lowest BCUT2D eigenvalue weighted by atomic mass is 10.0. The Kier molecular flexibility index (Phi) is 4.46. The van der Waals surface area contributed by atoms with Crippen molar-refractivity contribution in [1.82, 2.24) is 14.5 Å². The van der Waals surface area contributed by atoms with Gasteiger partial charge in [-0.25, -0.2) is 9.37 Å². The molecule has 0 saturated carbocycles. The van der Waals surface area contributed by atoms with E-state index in [-0.39, 0.29) is 17.8 Å². The van der Waals surface area contributed by atoms with E-state index < -0.39 is 0 Å². The van der Waals surface area contributed by atoms with Crippen molar-refractivity contribution in [2.45, 2.75) is 39.2 Å². The van der Waals surface area contributed by atoms with Crippen LogP contribution in [-0.2, 0) is 4.79 Å². The van der Waals surface area contributed by atoms with E-state index in [1.54, 1.807) is 12.4 Å². The van der Waals surface area contributed by atoms with Gasteiger partial charge < -0.3 is 9.47 Å². The third kappa shape index (κ3) is 3.14. The van der Waals surface area contributed by atoms with Crippen molar-refractivity contribution in [3.8, 4) is 0 Å². The highest BCUT2D eigenvalue weighted by molar-refractivity contribution is 5.92. The van der Waals surface area contributed by atoms with Crippen LogP contribution in [-0.4, -0.2) is 33.4 Å². The van der Waals surface area contributed by atoms with Crippen LogP contribution in [0.2, 0.25) is 0 Å². The minimum absolute atomic E-state index is 0.131. The second-order valence-corrected chi connectivity index (χ2v) is 6.10. The van der Waals surface area contributed by atoms with Gasteiger partial charge in [0.25, 0.3) is 0 Å². The zero-order valence-corrected chi connectivity index (χ0v) is 13.6. The molecule has 0 spiro atoms. The summed E-state index contributed by atoms with van der Waals surface area (Å²) in [4.78, 5) is 18.6. The molecule has 122 valence electrons. The van der Waals surface area contributed by atoms with Crippen molar-refractivity contribution in [2.24, 2.45) is 0 Å². The van der Waals surface area contributed by atoms with Crippen LogP contribution in [0, 0.1) is 5.82 Å². The number of amides is 1. The quantitative estimate of drug-likeness (QED) is 0.810. The van der Waals surface area contributed by atoms with Gasteiger partial charge in [-0.15, -0.1) is 0 Å². The molecule has 1 aliphatic rings. The van der Waals surface area contributed by atoms with Crippen LogP contribution in [0.25, 0.3) is 11.0 Å². The normalized spacial score (nSPS) is 17.0. The second kappa shape index (κ2) is 6.52. The van der Waals surface area contributed by atoms with Gasteiger partial charge in [-0.3, -0.25) is 4.79 Å². The lowest BCUT2D eigenvalue weighted by molar-refractivity contribution is -0.128. The molecule has 1 aromatic carbocycles. The third-order valence-corrected chi connectivity index (χ3v) is 4.53. The summed E-state index contributed by atoms with van der Waals surface area (Å²) >= 11 is 0. The Bertz CT molecular complexity index is 742. The number of aromatic nitrogens is 2. The monoisotopic (exact) mass is 315 g/mol. The fourth-order valence-electron chi connectivity index (χ4n) is 3.28. The van der Waals surface area contributed by atoms with Gasteiger partial charge >= 0.3 is 0 Å². The molecule has 2 aromatic rings. The fourth-order valence-corrected chi connectivity index (χ4v) is 3.28. The van der Waals surface area contributed by atoms with Crippen molar-refractivity contribution in [3.05, 3.63) is 42.0 Å². The van der Waals surface area contributed by atoms with Crippen molar-refractivity contribution in [1.29, 1.82) is 0 Å². The molecule has 1 aliphatic heterocycles. The highest BCUT2D eigenvalue weighted by atomic mass is 19.1. The van der Waals surface area contributed by atoms with Crippen LogP contribution in [0.3, 0.4) is 0 Å². The standard InChI is InChI=1S/C18H22FN3O/c1-3-4-13(2)18(23)21-9-7-15(8-10-21)22-12-20-16-6-5-14(19)11-17(16)22/h4-6,11-12,15H,3,7-10H2,1-2H3/b13-4+. The van der Waals surface area contributed by atoms with E-state index in [2.05, 4.69) is 9.55 Å². The van der Waals surface area contributed by atoms with E-state index in [1.165, 1.54) is 12.1 Å². The average molecular weight is 315 g/mol. The van der Waals surface area contributed by atoms with Crippen molar-refractivity contribution in [3.63, 3.8) is 0 Å². The molecule has 0 atom stereocenters. The zero-order valence-electron chi connectivity index (χ0n) is 13.6. The molecule has 2 heterocycles. The van der Waals surface area contributed by atoms with Crippen LogP contribution in [0.15, 0.2) is 36.2 Å². The van der Waals surface area contributed by atoms with E-state index >= 15 is 0 Å². The maximum absolute atomic E-state index is 13.5. The molecule has 0 bridgehead atoms. The molecule has 3 rings (SSSR count). The number of imidazole rings is 1. The number of fused-ring (bicyclic) bond motifs is 1. The van der Waals surface area contributed by atoms with Crippen LogP contribution in [0.5, 0.6) is 0 Å². The summed E-state index contributed by atoms with van der Waals surface area (Å²) in [5, 5.41) is 0. The van der Waals surface area contributed by atoms with Gasteiger partial charge in [-0.1, -0.05) is 13.0 Å². The summed E-state index contributed by atoms with van der Waals surface area (Å²) in [6, 6.07) is 4.94. The van der Waals surface area contributed by atoms with Crippen LogP contribution in [0.4, 0.5) is 4.39 Å². The Labute approximate surface area is 135 Å². The summed E-state index contributed by atoms with van der Waals surface area (Å²) in [5.74, 6) is -0.112. The van der Waals surface area contributed by atoms with Gasteiger partial charge in [0, 0.05) is 24.7 Å². The smallest absolute Gasteiger partial charge is 0.249 e. The van der Waals surface area contributed by atoms with Crippen molar-refractivity contribution in [2.75, 3.05) is 13.1 Å². The molecule has 1 aromatic heterocycles. The largest absolute Gasteiger partial charge is 0.339 e. The third-order valence-electron chi connectivity index (χ3n) is 4.53. The number of allylic oxidation sites excluding steroid dienone is 1. The summed E-state index contributed by atoms with van der Waals surface area (Å²) in [7, 11) is 0. The van der Waals surface area contributed by atoms with Crippen LogP contribution in [0.1, 0.15) is 39.2 Å². The molecule has 4 nitrogen and oxygen atoms in total. The second-order valence-electron chi connectivity index (χ2n) is 6.10. The lowest BCUT2D eigenvalue weighted by Crippen LogP contribution is -2.39. The molecular weight excluding hydrogens is 293 g/mol. The molecule has 0 radical (unpaired) electrons. The predicted molar refractivity (Wildman–Crippen MR) is 88.6 cm³/mol. The summed E-state index contributed by atoms with van der Waals surface area (Å²) in [6.07, 6.45) is 6.37. The lowest BCUT2D eigenvalue weighted by Gasteiger charge is -2.33. The molecule has 0 aliphatic carbocycles. The number of halogens is 1. The van der Waals surface area contributed by atoms with E-state index in [1.807, 2.05) is 24.8 Å². The molecular formula is C18H22FN3O. The van der Waals surface area contributed by atoms with Crippen LogP contribution < -0.4 is 0 Å². The number of piperidine rings is 1. The van der Waals surface area contributed by atoms with Gasteiger partial charge in [0.05, 0.1) is 17.4 Å². The molecule has 23 heavy (non-hydrogen) atoms.